The average Bonchev–Trinajstić information content (AvgIpc) is 2.54. The minimum atomic E-state index is 0.0660. The van der Waals surface area contributed by atoms with Crippen LogP contribution < -0.4 is 0 Å². The highest BCUT2D eigenvalue weighted by atomic mass is 32.1. The molecular weight excluding hydrogens is 208 g/mol. The molecule has 1 fully saturated rings. The third kappa shape index (κ3) is 3.26. The molecule has 0 aromatic carbocycles. The Kier molecular flexibility index (Phi) is 4.11. The SMILES string of the molecule is OCc1csc(CN2CCCCCC2)n1. The van der Waals surface area contributed by atoms with Crippen LogP contribution in [-0.4, -0.2) is 28.1 Å². The van der Waals surface area contributed by atoms with E-state index >= 15 is 0 Å². The van der Waals surface area contributed by atoms with Crippen LogP contribution in [0.15, 0.2) is 5.38 Å². The number of aliphatic hydroxyl groups is 1. The summed E-state index contributed by atoms with van der Waals surface area (Å²) < 4.78 is 0. The summed E-state index contributed by atoms with van der Waals surface area (Å²) in [4.78, 5) is 6.86. The van der Waals surface area contributed by atoms with Crippen LogP contribution in [0.5, 0.6) is 0 Å². The molecule has 3 nitrogen and oxygen atoms in total. The molecule has 0 radical (unpaired) electrons. The fourth-order valence-corrected chi connectivity index (χ4v) is 2.81. The van der Waals surface area contributed by atoms with E-state index in [4.69, 9.17) is 5.11 Å². The molecule has 1 saturated heterocycles. The predicted octanol–water partition coefficient (Wildman–Crippen LogP) is 2.01. The molecule has 84 valence electrons. The Bertz CT molecular complexity index is 293. The Balaban J connectivity index is 1.89. The summed E-state index contributed by atoms with van der Waals surface area (Å²) in [6.07, 6.45) is 5.38. The highest BCUT2D eigenvalue weighted by Gasteiger charge is 2.11. The molecule has 0 bridgehead atoms. The lowest BCUT2D eigenvalue weighted by molar-refractivity contribution is 0.269. The lowest BCUT2D eigenvalue weighted by atomic mass is 10.2. The molecular formula is C11H18N2OS. The molecule has 0 atom stereocenters. The summed E-state index contributed by atoms with van der Waals surface area (Å²) in [5.74, 6) is 0. The summed E-state index contributed by atoms with van der Waals surface area (Å²) in [5, 5.41) is 12.0. The summed E-state index contributed by atoms with van der Waals surface area (Å²) in [5.41, 5.74) is 0.810. The van der Waals surface area contributed by atoms with Crippen molar-refractivity contribution in [3.63, 3.8) is 0 Å². The van der Waals surface area contributed by atoms with Crippen molar-refractivity contribution in [2.24, 2.45) is 0 Å². The van der Waals surface area contributed by atoms with E-state index in [-0.39, 0.29) is 6.61 Å². The predicted molar refractivity (Wildman–Crippen MR) is 61.8 cm³/mol. The third-order valence-electron chi connectivity index (χ3n) is 2.82. The first-order valence-corrected chi connectivity index (χ1v) is 6.53. The van der Waals surface area contributed by atoms with Gasteiger partial charge in [0.05, 0.1) is 18.8 Å². The van der Waals surface area contributed by atoms with Crippen molar-refractivity contribution in [3.8, 4) is 0 Å². The standard InChI is InChI=1S/C11H18N2OS/c14-8-10-9-15-11(12-10)7-13-5-3-1-2-4-6-13/h9,14H,1-8H2. The van der Waals surface area contributed by atoms with E-state index < -0.39 is 0 Å². The molecule has 4 heteroatoms. The van der Waals surface area contributed by atoms with Crippen LogP contribution in [0.3, 0.4) is 0 Å². The van der Waals surface area contributed by atoms with Crippen LogP contribution in [0, 0.1) is 0 Å². The summed E-state index contributed by atoms with van der Waals surface area (Å²) in [6, 6.07) is 0. The number of hydrogen-bond acceptors (Lipinski definition) is 4. The maximum absolute atomic E-state index is 8.93. The van der Waals surface area contributed by atoms with Gasteiger partial charge in [-0.2, -0.15) is 0 Å². The van der Waals surface area contributed by atoms with Gasteiger partial charge < -0.3 is 5.11 Å². The minimum Gasteiger partial charge on any atom is -0.390 e. The van der Waals surface area contributed by atoms with E-state index in [2.05, 4.69) is 9.88 Å². The van der Waals surface area contributed by atoms with Gasteiger partial charge in [0, 0.05) is 5.38 Å². The molecule has 0 aliphatic carbocycles. The molecule has 1 aliphatic rings. The van der Waals surface area contributed by atoms with Gasteiger partial charge >= 0.3 is 0 Å². The normalized spacial score (nSPS) is 19.0. The molecule has 1 N–H and O–H groups in total. The van der Waals surface area contributed by atoms with Crippen LogP contribution in [0.4, 0.5) is 0 Å². The first-order valence-electron chi connectivity index (χ1n) is 5.65. The quantitative estimate of drug-likeness (QED) is 0.856. The zero-order valence-corrected chi connectivity index (χ0v) is 9.80. The molecule has 2 rings (SSSR count). The number of nitrogens with zero attached hydrogens (tertiary/aromatic N) is 2. The molecule has 0 spiro atoms. The van der Waals surface area contributed by atoms with Gasteiger partial charge in [0.1, 0.15) is 5.01 Å². The van der Waals surface area contributed by atoms with Gasteiger partial charge in [-0.15, -0.1) is 11.3 Å². The summed E-state index contributed by atoms with van der Waals surface area (Å²) in [7, 11) is 0. The second kappa shape index (κ2) is 5.58. The molecule has 1 aliphatic heterocycles. The highest BCUT2D eigenvalue weighted by Crippen LogP contribution is 2.16. The second-order valence-electron chi connectivity index (χ2n) is 4.08. The maximum Gasteiger partial charge on any atom is 0.107 e. The Morgan fingerprint density at radius 2 is 2.00 bits per heavy atom. The molecule has 15 heavy (non-hydrogen) atoms. The van der Waals surface area contributed by atoms with Crippen molar-refractivity contribution < 1.29 is 5.11 Å². The van der Waals surface area contributed by atoms with Crippen molar-refractivity contribution in [1.82, 2.24) is 9.88 Å². The van der Waals surface area contributed by atoms with Crippen LogP contribution in [0.1, 0.15) is 36.4 Å². The van der Waals surface area contributed by atoms with Gasteiger partial charge in [-0.1, -0.05) is 12.8 Å². The fourth-order valence-electron chi connectivity index (χ4n) is 1.98. The fraction of sp³-hybridized carbons (Fsp3) is 0.727. The first-order chi connectivity index (χ1) is 7.38. The van der Waals surface area contributed by atoms with Crippen LogP contribution in [-0.2, 0) is 13.2 Å². The van der Waals surface area contributed by atoms with E-state index in [0.29, 0.717) is 0 Å². The molecule has 2 heterocycles. The Labute approximate surface area is 94.8 Å². The second-order valence-corrected chi connectivity index (χ2v) is 5.02. The van der Waals surface area contributed by atoms with Crippen LogP contribution >= 0.6 is 11.3 Å². The molecule has 1 aromatic rings. The van der Waals surface area contributed by atoms with Gasteiger partial charge in [0.2, 0.25) is 0 Å². The van der Waals surface area contributed by atoms with Gasteiger partial charge in [0.25, 0.3) is 0 Å². The number of hydrogen-bond donors (Lipinski definition) is 1. The van der Waals surface area contributed by atoms with Gasteiger partial charge in [0.15, 0.2) is 0 Å². The number of thiazole rings is 1. The Morgan fingerprint density at radius 3 is 2.60 bits per heavy atom. The van der Waals surface area contributed by atoms with E-state index in [1.165, 1.54) is 38.8 Å². The van der Waals surface area contributed by atoms with E-state index in [1.54, 1.807) is 11.3 Å². The van der Waals surface area contributed by atoms with Crippen molar-refractivity contribution in [2.45, 2.75) is 38.8 Å². The number of rotatable bonds is 3. The Hall–Kier alpha value is -0.450. The Morgan fingerprint density at radius 1 is 1.27 bits per heavy atom. The molecule has 0 saturated carbocycles. The van der Waals surface area contributed by atoms with Crippen LogP contribution in [0.25, 0.3) is 0 Å². The van der Waals surface area contributed by atoms with Crippen molar-refractivity contribution in [1.29, 1.82) is 0 Å². The smallest absolute Gasteiger partial charge is 0.107 e. The summed E-state index contributed by atoms with van der Waals surface area (Å²) >= 11 is 1.66. The average molecular weight is 226 g/mol. The lowest BCUT2D eigenvalue weighted by Gasteiger charge is -2.17. The zero-order chi connectivity index (χ0) is 10.5. The number of aliphatic hydroxyl groups excluding tert-OH is 1. The molecule has 1 aromatic heterocycles. The molecule has 0 unspecified atom stereocenters. The zero-order valence-electron chi connectivity index (χ0n) is 8.98. The highest BCUT2D eigenvalue weighted by molar-refractivity contribution is 7.09. The lowest BCUT2D eigenvalue weighted by Crippen LogP contribution is -2.23. The number of likely N-dealkylation sites (tertiary alicyclic amines) is 1. The van der Waals surface area contributed by atoms with Crippen molar-refractivity contribution >= 4 is 11.3 Å². The van der Waals surface area contributed by atoms with Crippen LogP contribution in [0.2, 0.25) is 0 Å². The molecule has 0 amide bonds. The van der Waals surface area contributed by atoms with E-state index in [1.807, 2.05) is 5.38 Å². The van der Waals surface area contributed by atoms with E-state index in [9.17, 15) is 0 Å². The minimum absolute atomic E-state index is 0.0660. The summed E-state index contributed by atoms with van der Waals surface area (Å²) in [6.45, 7) is 3.43. The monoisotopic (exact) mass is 226 g/mol. The number of aromatic nitrogens is 1. The largest absolute Gasteiger partial charge is 0.390 e. The van der Waals surface area contributed by atoms with Gasteiger partial charge in [-0.3, -0.25) is 4.90 Å². The van der Waals surface area contributed by atoms with Crippen molar-refractivity contribution in [3.05, 3.63) is 16.1 Å². The van der Waals surface area contributed by atoms with Gasteiger partial charge in [-0.05, 0) is 25.9 Å². The maximum atomic E-state index is 8.93. The van der Waals surface area contributed by atoms with Crippen molar-refractivity contribution in [2.75, 3.05) is 13.1 Å². The van der Waals surface area contributed by atoms with E-state index in [0.717, 1.165) is 17.2 Å². The van der Waals surface area contributed by atoms with Gasteiger partial charge in [-0.25, -0.2) is 4.98 Å². The topological polar surface area (TPSA) is 36.4 Å². The first kappa shape index (κ1) is 11.0. The third-order valence-corrected chi connectivity index (χ3v) is 3.70.